The molecule has 0 saturated heterocycles. The molecule has 0 radical (unpaired) electrons. The van der Waals surface area contributed by atoms with E-state index in [1.165, 1.54) is 24.5 Å². The van der Waals surface area contributed by atoms with Crippen molar-refractivity contribution in [1.82, 2.24) is 9.97 Å². The number of fused-ring (bicyclic) bond motifs is 1. The average molecular weight is 497 g/mol. The van der Waals surface area contributed by atoms with E-state index in [0.29, 0.717) is 24.3 Å². The minimum atomic E-state index is -0.257. The Hall–Kier alpha value is -3.80. The molecular weight excluding hydrogens is 463 g/mol. The van der Waals surface area contributed by atoms with Crippen LogP contribution in [0.1, 0.15) is 69.6 Å². The van der Waals surface area contributed by atoms with Crippen LogP contribution in [0.2, 0.25) is 0 Å². The van der Waals surface area contributed by atoms with E-state index in [-0.39, 0.29) is 17.3 Å². The Morgan fingerprint density at radius 2 is 1.73 bits per heavy atom. The van der Waals surface area contributed by atoms with Crippen molar-refractivity contribution in [2.75, 3.05) is 10.6 Å². The molecule has 1 aromatic heterocycles. The number of rotatable bonds is 7. The first kappa shape index (κ1) is 24.9. The van der Waals surface area contributed by atoms with Crippen LogP contribution in [0, 0.1) is 5.82 Å². The first-order valence-corrected chi connectivity index (χ1v) is 12.9. The molecule has 1 aliphatic carbocycles. The summed E-state index contributed by atoms with van der Waals surface area (Å²) in [4.78, 5) is 21.0. The topological polar surface area (TPSA) is 66.9 Å². The first-order valence-electron chi connectivity index (χ1n) is 12.9. The molecule has 1 fully saturated rings. The smallest absolute Gasteiger partial charge is 0.224 e. The third-order valence-electron chi connectivity index (χ3n) is 6.66. The van der Waals surface area contributed by atoms with Crippen LogP contribution >= 0.6 is 0 Å². The van der Waals surface area contributed by atoms with Crippen LogP contribution in [0.3, 0.4) is 0 Å². The Kier molecular flexibility index (Phi) is 6.67. The van der Waals surface area contributed by atoms with Gasteiger partial charge in [0.1, 0.15) is 18.0 Å². The summed E-state index contributed by atoms with van der Waals surface area (Å²) >= 11 is 0. The SMILES string of the molecule is CCC(=O)Nc1ccc(C2CC2)cc1Cc1cc(-c2ccc3ncnc(NC(C)(C)C)c3c2)ccc1F. The number of hydrogen-bond donors (Lipinski definition) is 2. The Morgan fingerprint density at radius 3 is 2.46 bits per heavy atom. The Labute approximate surface area is 217 Å². The van der Waals surface area contributed by atoms with Crippen molar-refractivity contribution in [3.8, 4) is 11.1 Å². The van der Waals surface area contributed by atoms with Gasteiger partial charge in [0.15, 0.2) is 0 Å². The lowest BCUT2D eigenvalue weighted by Gasteiger charge is -2.22. The number of carbonyl (C=O) groups is 1. The number of hydrogen-bond acceptors (Lipinski definition) is 4. The van der Waals surface area contributed by atoms with Crippen molar-refractivity contribution in [2.45, 2.75) is 64.8 Å². The van der Waals surface area contributed by atoms with Crippen molar-refractivity contribution in [3.63, 3.8) is 0 Å². The molecule has 1 aliphatic rings. The van der Waals surface area contributed by atoms with Crippen molar-refractivity contribution in [3.05, 3.63) is 83.4 Å². The fourth-order valence-corrected chi connectivity index (χ4v) is 4.58. The molecule has 1 heterocycles. The van der Waals surface area contributed by atoms with E-state index in [2.05, 4.69) is 59.6 Å². The normalized spacial score (nSPS) is 13.5. The maximum atomic E-state index is 15.1. The molecule has 0 aliphatic heterocycles. The molecule has 0 atom stereocenters. The van der Waals surface area contributed by atoms with E-state index in [0.717, 1.165) is 39.1 Å². The van der Waals surface area contributed by atoms with Gasteiger partial charge in [-0.2, -0.15) is 0 Å². The molecular formula is C31H33FN4O. The largest absolute Gasteiger partial charge is 0.365 e. The lowest BCUT2D eigenvalue weighted by atomic mass is 9.95. The summed E-state index contributed by atoms with van der Waals surface area (Å²) < 4.78 is 15.1. The lowest BCUT2D eigenvalue weighted by Crippen LogP contribution is -2.26. The minimum Gasteiger partial charge on any atom is -0.365 e. The summed E-state index contributed by atoms with van der Waals surface area (Å²) in [7, 11) is 0. The summed E-state index contributed by atoms with van der Waals surface area (Å²) in [6, 6.07) is 17.5. The Bertz CT molecular complexity index is 1470. The highest BCUT2D eigenvalue weighted by atomic mass is 19.1. The number of halogens is 1. The lowest BCUT2D eigenvalue weighted by molar-refractivity contribution is -0.115. The summed E-state index contributed by atoms with van der Waals surface area (Å²) in [5.41, 5.74) is 6.12. The fraction of sp³-hybridized carbons (Fsp3) is 0.323. The van der Waals surface area contributed by atoms with Crippen LogP contribution in [-0.4, -0.2) is 21.4 Å². The number of benzene rings is 3. The summed E-state index contributed by atoms with van der Waals surface area (Å²) in [6.07, 6.45) is 4.72. The van der Waals surface area contributed by atoms with E-state index in [1.54, 1.807) is 12.4 Å². The Balaban J connectivity index is 1.51. The number of aromatic nitrogens is 2. The van der Waals surface area contributed by atoms with Crippen molar-refractivity contribution >= 4 is 28.3 Å². The monoisotopic (exact) mass is 496 g/mol. The summed E-state index contributed by atoms with van der Waals surface area (Å²) in [5, 5.41) is 7.37. The molecule has 5 rings (SSSR count). The van der Waals surface area contributed by atoms with Gasteiger partial charge >= 0.3 is 0 Å². The molecule has 6 heteroatoms. The van der Waals surface area contributed by atoms with E-state index in [1.807, 2.05) is 31.2 Å². The number of anilines is 2. The van der Waals surface area contributed by atoms with Gasteiger partial charge in [-0.3, -0.25) is 4.79 Å². The fourth-order valence-electron chi connectivity index (χ4n) is 4.58. The van der Waals surface area contributed by atoms with Crippen molar-refractivity contribution in [2.24, 2.45) is 0 Å². The number of nitrogens with zero attached hydrogens (tertiary/aromatic N) is 2. The quantitative estimate of drug-likeness (QED) is 0.279. The standard InChI is InChI=1S/C31H33FN4O/c1-5-29(37)35-27-12-9-20(19-6-7-19)15-24(27)16-23-14-21(8-11-26(23)32)22-10-13-28-25(17-22)30(34-18-33-28)36-31(2,3)4/h8-15,17-19H,5-7,16H2,1-4H3,(H,35,37)(H,33,34,36). The highest BCUT2D eigenvalue weighted by Crippen LogP contribution is 2.41. The minimum absolute atomic E-state index is 0.0484. The van der Waals surface area contributed by atoms with Gasteiger partial charge in [-0.1, -0.05) is 31.2 Å². The summed E-state index contributed by atoms with van der Waals surface area (Å²) in [6.45, 7) is 8.10. The van der Waals surface area contributed by atoms with Crippen LogP contribution in [0.5, 0.6) is 0 Å². The van der Waals surface area contributed by atoms with Gasteiger partial charge in [-0.25, -0.2) is 14.4 Å². The van der Waals surface area contributed by atoms with E-state index >= 15 is 4.39 Å². The molecule has 2 N–H and O–H groups in total. The zero-order valence-corrected chi connectivity index (χ0v) is 21.9. The third kappa shape index (κ3) is 5.79. The van der Waals surface area contributed by atoms with Crippen LogP contribution in [-0.2, 0) is 11.2 Å². The van der Waals surface area contributed by atoms with Crippen LogP contribution in [0.25, 0.3) is 22.0 Å². The van der Waals surface area contributed by atoms with Crippen molar-refractivity contribution < 1.29 is 9.18 Å². The molecule has 4 aromatic rings. The maximum Gasteiger partial charge on any atom is 0.224 e. The van der Waals surface area contributed by atoms with Gasteiger partial charge in [0.25, 0.3) is 0 Å². The molecule has 1 amide bonds. The highest BCUT2D eigenvalue weighted by molar-refractivity contribution is 5.93. The molecule has 0 bridgehead atoms. The molecule has 37 heavy (non-hydrogen) atoms. The molecule has 0 unspecified atom stereocenters. The predicted octanol–water partition coefficient (Wildman–Crippen LogP) is 7.46. The van der Waals surface area contributed by atoms with Crippen molar-refractivity contribution in [1.29, 1.82) is 0 Å². The van der Waals surface area contributed by atoms with Gasteiger partial charge in [-0.15, -0.1) is 0 Å². The van der Waals surface area contributed by atoms with Crippen LogP contribution < -0.4 is 10.6 Å². The van der Waals surface area contributed by atoms with E-state index < -0.39 is 0 Å². The highest BCUT2D eigenvalue weighted by Gasteiger charge is 2.24. The second-order valence-corrected chi connectivity index (χ2v) is 10.9. The van der Waals surface area contributed by atoms with Crippen LogP contribution in [0.4, 0.5) is 15.9 Å². The zero-order valence-electron chi connectivity index (χ0n) is 21.9. The van der Waals surface area contributed by atoms with E-state index in [4.69, 9.17) is 0 Å². The molecule has 1 saturated carbocycles. The predicted molar refractivity (Wildman–Crippen MR) is 148 cm³/mol. The summed E-state index contributed by atoms with van der Waals surface area (Å²) in [5.74, 6) is 1.04. The second kappa shape index (κ2) is 9.92. The van der Waals surface area contributed by atoms with Gasteiger partial charge in [0, 0.05) is 29.5 Å². The number of nitrogens with one attached hydrogen (secondary N) is 2. The van der Waals surface area contributed by atoms with Gasteiger partial charge in [0.05, 0.1) is 5.52 Å². The van der Waals surface area contributed by atoms with Crippen LogP contribution in [0.15, 0.2) is 60.9 Å². The zero-order chi connectivity index (χ0) is 26.2. The number of carbonyl (C=O) groups excluding carboxylic acids is 1. The number of amides is 1. The molecule has 190 valence electrons. The van der Waals surface area contributed by atoms with Gasteiger partial charge < -0.3 is 10.6 Å². The second-order valence-electron chi connectivity index (χ2n) is 10.9. The molecule has 0 spiro atoms. The molecule has 3 aromatic carbocycles. The van der Waals surface area contributed by atoms with E-state index in [9.17, 15) is 4.79 Å². The maximum absolute atomic E-state index is 15.1. The Morgan fingerprint density at radius 1 is 0.973 bits per heavy atom. The van der Waals surface area contributed by atoms with Gasteiger partial charge in [0.2, 0.25) is 5.91 Å². The third-order valence-corrected chi connectivity index (χ3v) is 6.66. The average Bonchev–Trinajstić information content (AvgIpc) is 3.71. The molecule has 5 nitrogen and oxygen atoms in total. The van der Waals surface area contributed by atoms with Gasteiger partial charge in [-0.05, 0) is 97.7 Å². The first-order chi connectivity index (χ1) is 17.7.